The van der Waals surface area contributed by atoms with E-state index in [1.165, 1.54) is 0 Å². The molecular formula is C19H20ClN3O5. The highest BCUT2D eigenvalue weighted by molar-refractivity contribution is 6.31. The van der Waals surface area contributed by atoms with Gasteiger partial charge in [-0.05, 0) is 23.8 Å². The number of pyridine rings is 1. The molecule has 1 fully saturated rings. The minimum absolute atomic E-state index is 0.0606. The first-order valence-electron chi connectivity index (χ1n) is 8.49. The summed E-state index contributed by atoms with van der Waals surface area (Å²) in [5.41, 5.74) is 1.79. The molecule has 0 bridgehead atoms. The SMILES string of the molecule is O=C(O)C(=O)O.O=C(c1cccnc1)N1CCN(Cc2ccccc2Cl)CC1. The van der Waals surface area contributed by atoms with E-state index >= 15 is 0 Å². The summed E-state index contributed by atoms with van der Waals surface area (Å²) in [6.07, 6.45) is 3.30. The minimum atomic E-state index is -1.82. The maximum absolute atomic E-state index is 12.4. The fourth-order valence-electron chi connectivity index (χ4n) is 2.65. The summed E-state index contributed by atoms with van der Waals surface area (Å²) >= 11 is 6.20. The number of benzene rings is 1. The lowest BCUT2D eigenvalue weighted by molar-refractivity contribution is -0.159. The number of hydrogen-bond acceptors (Lipinski definition) is 5. The Bertz CT molecular complexity index is 811. The molecule has 3 rings (SSSR count). The van der Waals surface area contributed by atoms with Crippen LogP contribution in [-0.4, -0.2) is 69.0 Å². The summed E-state index contributed by atoms with van der Waals surface area (Å²) in [6, 6.07) is 11.5. The number of aliphatic carboxylic acids is 2. The minimum Gasteiger partial charge on any atom is -0.473 e. The highest BCUT2D eigenvalue weighted by atomic mass is 35.5. The molecule has 0 atom stereocenters. The number of aromatic nitrogens is 1. The van der Waals surface area contributed by atoms with Gasteiger partial charge in [-0.3, -0.25) is 14.7 Å². The standard InChI is InChI=1S/C17H18ClN3O.C2H2O4/c18-16-6-2-1-4-15(16)13-20-8-10-21(11-9-20)17(22)14-5-3-7-19-12-14;3-1(4)2(5)6/h1-7,12H,8-11,13H2;(H,3,4)(H,5,6). The van der Waals surface area contributed by atoms with Crippen molar-refractivity contribution in [3.05, 3.63) is 64.9 Å². The maximum atomic E-state index is 12.4. The van der Waals surface area contributed by atoms with Crippen LogP contribution in [0.1, 0.15) is 15.9 Å². The highest BCUT2D eigenvalue weighted by Gasteiger charge is 2.22. The van der Waals surface area contributed by atoms with Gasteiger partial charge in [0.2, 0.25) is 0 Å². The third-order valence-corrected chi connectivity index (χ3v) is 4.47. The van der Waals surface area contributed by atoms with Crippen molar-refractivity contribution in [2.45, 2.75) is 6.54 Å². The van der Waals surface area contributed by atoms with Gasteiger partial charge in [-0.1, -0.05) is 29.8 Å². The van der Waals surface area contributed by atoms with Crippen molar-refractivity contribution in [2.24, 2.45) is 0 Å². The summed E-state index contributed by atoms with van der Waals surface area (Å²) in [5, 5.41) is 15.6. The van der Waals surface area contributed by atoms with Crippen LogP contribution in [0.3, 0.4) is 0 Å². The molecular weight excluding hydrogens is 386 g/mol. The Balaban J connectivity index is 0.000000409. The molecule has 2 N–H and O–H groups in total. The first kappa shape index (κ1) is 21.3. The van der Waals surface area contributed by atoms with Gasteiger partial charge in [-0.25, -0.2) is 9.59 Å². The topological polar surface area (TPSA) is 111 Å². The van der Waals surface area contributed by atoms with Gasteiger partial charge in [0, 0.05) is 50.1 Å². The van der Waals surface area contributed by atoms with Crippen molar-refractivity contribution in [2.75, 3.05) is 26.2 Å². The largest absolute Gasteiger partial charge is 0.473 e. The summed E-state index contributed by atoms with van der Waals surface area (Å²) in [5.74, 6) is -3.59. The average molecular weight is 406 g/mol. The van der Waals surface area contributed by atoms with Crippen LogP contribution in [0.25, 0.3) is 0 Å². The molecule has 28 heavy (non-hydrogen) atoms. The third kappa shape index (κ3) is 6.33. The second-order valence-electron chi connectivity index (χ2n) is 6.01. The van der Waals surface area contributed by atoms with Gasteiger partial charge >= 0.3 is 11.9 Å². The lowest BCUT2D eigenvalue weighted by Gasteiger charge is -2.34. The van der Waals surface area contributed by atoms with E-state index in [9.17, 15) is 4.79 Å². The van der Waals surface area contributed by atoms with Crippen molar-refractivity contribution in [1.82, 2.24) is 14.8 Å². The van der Waals surface area contributed by atoms with Crippen LogP contribution < -0.4 is 0 Å². The number of hydrogen-bond donors (Lipinski definition) is 2. The highest BCUT2D eigenvalue weighted by Crippen LogP contribution is 2.18. The number of piperazine rings is 1. The van der Waals surface area contributed by atoms with Gasteiger partial charge in [0.25, 0.3) is 5.91 Å². The van der Waals surface area contributed by atoms with Crippen molar-refractivity contribution < 1.29 is 24.6 Å². The zero-order valence-electron chi connectivity index (χ0n) is 15.0. The predicted molar refractivity (Wildman–Crippen MR) is 102 cm³/mol. The summed E-state index contributed by atoms with van der Waals surface area (Å²) in [6.45, 7) is 4.01. The lowest BCUT2D eigenvalue weighted by atomic mass is 10.2. The second-order valence-corrected chi connectivity index (χ2v) is 6.42. The average Bonchev–Trinajstić information content (AvgIpc) is 2.71. The summed E-state index contributed by atoms with van der Waals surface area (Å²) in [7, 11) is 0. The molecule has 148 valence electrons. The van der Waals surface area contributed by atoms with Crippen LogP contribution in [0.15, 0.2) is 48.8 Å². The molecule has 0 spiro atoms. The molecule has 0 saturated carbocycles. The molecule has 0 unspecified atom stereocenters. The van der Waals surface area contributed by atoms with Crippen LogP contribution in [0, 0.1) is 0 Å². The predicted octanol–water partition coefficient (Wildman–Crippen LogP) is 1.85. The van der Waals surface area contributed by atoms with Gasteiger partial charge in [-0.15, -0.1) is 0 Å². The lowest BCUT2D eigenvalue weighted by Crippen LogP contribution is -2.48. The van der Waals surface area contributed by atoms with Gasteiger partial charge in [0.1, 0.15) is 0 Å². The first-order valence-corrected chi connectivity index (χ1v) is 8.87. The number of carboxylic acid groups (broad SMARTS) is 2. The number of rotatable bonds is 3. The molecule has 1 aromatic heterocycles. The zero-order chi connectivity index (χ0) is 20.5. The van der Waals surface area contributed by atoms with E-state index in [2.05, 4.69) is 16.0 Å². The van der Waals surface area contributed by atoms with Crippen LogP contribution >= 0.6 is 11.6 Å². The van der Waals surface area contributed by atoms with Crippen molar-refractivity contribution >= 4 is 29.4 Å². The number of carbonyl (C=O) groups excluding carboxylic acids is 1. The number of nitrogens with zero attached hydrogens (tertiary/aromatic N) is 3. The van der Waals surface area contributed by atoms with E-state index in [-0.39, 0.29) is 5.91 Å². The monoisotopic (exact) mass is 405 g/mol. The second kappa shape index (κ2) is 10.4. The number of amides is 1. The van der Waals surface area contributed by atoms with Crippen molar-refractivity contribution in [3.8, 4) is 0 Å². The van der Waals surface area contributed by atoms with Crippen LogP contribution in [-0.2, 0) is 16.1 Å². The number of carbonyl (C=O) groups is 3. The Hall–Kier alpha value is -2.97. The fraction of sp³-hybridized carbons (Fsp3) is 0.263. The van der Waals surface area contributed by atoms with Crippen LogP contribution in [0.5, 0.6) is 0 Å². The Kier molecular flexibility index (Phi) is 7.91. The number of halogens is 1. The van der Waals surface area contributed by atoms with E-state index in [4.69, 9.17) is 31.4 Å². The van der Waals surface area contributed by atoms with Gasteiger partial charge in [0.15, 0.2) is 0 Å². The number of carboxylic acids is 2. The molecule has 9 heteroatoms. The summed E-state index contributed by atoms with van der Waals surface area (Å²) in [4.78, 5) is 38.8. The Morgan fingerprint density at radius 1 is 0.964 bits per heavy atom. The Morgan fingerprint density at radius 3 is 2.14 bits per heavy atom. The molecule has 1 amide bonds. The van der Waals surface area contributed by atoms with Crippen molar-refractivity contribution in [3.63, 3.8) is 0 Å². The molecule has 1 aliphatic rings. The van der Waals surface area contributed by atoms with E-state index in [0.717, 1.165) is 43.3 Å². The fourth-order valence-corrected chi connectivity index (χ4v) is 2.84. The molecule has 2 aromatic rings. The van der Waals surface area contributed by atoms with E-state index < -0.39 is 11.9 Å². The molecule has 8 nitrogen and oxygen atoms in total. The van der Waals surface area contributed by atoms with E-state index in [1.54, 1.807) is 18.5 Å². The normalized spacial score (nSPS) is 14.0. The van der Waals surface area contributed by atoms with Gasteiger partial charge in [0.05, 0.1) is 5.56 Å². The quantitative estimate of drug-likeness (QED) is 0.749. The van der Waals surface area contributed by atoms with Crippen LogP contribution in [0.2, 0.25) is 5.02 Å². The molecule has 0 radical (unpaired) electrons. The first-order chi connectivity index (χ1) is 13.4. The smallest absolute Gasteiger partial charge is 0.414 e. The summed E-state index contributed by atoms with van der Waals surface area (Å²) < 4.78 is 0. The molecule has 2 heterocycles. The van der Waals surface area contributed by atoms with Crippen LogP contribution in [0.4, 0.5) is 0 Å². The zero-order valence-corrected chi connectivity index (χ0v) is 15.7. The molecule has 1 aromatic carbocycles. The maximum Gasteiger partial charge on any atom is 0.414 e. The van der Waals surface area contributed by atoms with E-state index in [0.29, 0.717) is 5.56 Å². The van der Waals surface area contributed by atoms with E-state index in [1.807, 2.05) is 29.2 Å². The van der Waals surface area contributed by atoms with Crippen molar-refractivity contribution in [1.29, 1.82) is 0 Å². The van der Waals surface area contributed by atoms with Gasteiger partial charge in [-0.2, -0.15) is 0 Å². The molecule has 1 aliphatic heterocycles. The third-order valence-electron chi connectivity index (χ3n) is 4.10. The Morgan fingerprint density at radius 2 is 1.61 bits per heavy atom. The Labute approximate surface area is 167 Å². The molecule has 0 aliphatic carbocycles. The molecule has 1 saturated heterocycles. The van der Waals surface area contributed by atoms with Gasteiger partial charge < -0.3 is 15.1 Å².